The highest BCUT2D eigenvalue weighted by Crippen LogP contribution is 2.29. The third-order valence-corrected chi connectivity index (χ3v) is 2.55. The number of amides is 2. The smallest absolute Gasteiger partial charge is 0.426 e. The molecule has 0 spiro atoms. The van der Waals surface area contributed by atoms with Gasteiger partial charge in [0, 0.05) is 5.56 Å². The fourth-order valence-electron chi connectivity index (χ4n) is 1.57. The van der Waals surface area contributed by atoms with Crippen molar-refractivity contribution in [2.45, 2.75) is 32.5 Å². The molecule has 0 aromatic heterocycles. The number of carbonyl (C=O) groups excluding carboxylic acids is 2. The molecule has 1 saturated heterocycles. The van der Waals surface area contributed by atoms with E-state index in [0.717, 1.165) is 12.2 Å². The van der Waals surface area contributed by atoms with E-state index < -0.39 is 17.6 Å². The van der Waals surface area contributed by atoms with E-state index in [-0.39, 0.29) is 6.10 Å². The number of ether oxygens (including phenoxy) is 2. The third-order valence-electron chi connectivity index (χ3n) is 2.55. The van der Waals surface area contributed by atoms with Crippen molar-refractivity contribution in [3.8, 4) is 0 Å². The van der Waals surface area contributed by atoms with Gasteiger partial charge in [-0.15, -0.1) is 0 Å². The van der Waals surface area contributed by atoms with Gasteiger partial charge >= 0.3 is 6.09 Å². The highest BCUT2D eigenvalue weighted by atomic mass is 16.6. The Kier molecular flexibility index (Phi) is 3.94. The van der Waals surface area contributed by atoms with Crippen LogP contribution < -0.4 is 10.9 Å². The Labute approximate surface area is 117 Å². The lowest BCUT2D eigenvalue weighted by Crippen LogP contribution is -2.44. The zero-order valence-electron chi connectivity index (χ0n) is 11.7. The summed E-state index contributed by atoms with van der Waals surface area (Å²) in [7, 11) is 0. The number of nitrogens with one attached hydrogen (secondary N) is 2. The number of benzene rings is 1. The minimum Gasteiger partial charge on any atom is -0.443 e. The second-order valence-electron chi connectivity index (χ2n) is 5.52. The topological polar surface area (TPSA) is 80.0 Å². The molecule has 20 heavy (non-hydrogen) atoms. The first-order valence-corrected chi connectivity index (χ1v) is 6.36. The van der Waals surface area contributed by atoms with Gasteiger partial charge in [-0.05, 0) is 38.5 Å². The van der Waals surface area contributed by atoms with Crippen molar-refractivity contribution in [1.82, 2.24) is 10.9 Å². The molecule has 1 aromatic carbocycles. The minimum atomic E-state index is -0.700. The number of carbonyl (C=O) groups is 2. The Hall–Kier alpha value is -2.08. The largest absolute Gasteiger partial charge is 0.443 e. The summed E-state index contributed by atoms with van der Waals surface area (Å²) >= 11 is 0. The molecule has 1 unspecified atom stereocenters. The minimum absolute atomic E-state index is 0.159. The van der Waals surface area contributed by atoms with Crippen LogP contribution in [0.1, 0.15) is 42.8 Å². The van der Waals surface area contributed by atoms with E-state index in [2.05, 4.69) is 10.9 Å². The molecule has 0 bridgehead atoms. The number of rotatable bonds is 2. The molecule has 0 radical (unpaired) electrons. The van der Waals surface area contributed by atoms with E-state index in [4.69, 9.17) is 9.47 Å². The summed E-state index contributed by atoms with van der Waals surface area (Å²) in [5.74, 6) is -0.404. The molecule has 2 N–H and O–H groups in total. The highest BCUT2D eigenvalue weighted by Gasteiger charge is 2.24. The normalized spacial score (nSPS) is 17.2. The highest BCUT2D eigenvalue weighted by molar-refractivity contribution is 5.94. The molecule has 2 rings (SSSR count). The van der Waals surface area contributed by atoms with Crippen molar-refractivity contribution >= 4 is 12.0 Å². The van der Waals surface area contributed by atoms with Crippen LogP contribution >= 0.6 is 0 Å². The van der Waals surface area contributed by atoms with E-state index in [1.807, 2.05) is 12.1 Å². The summed E-state index contributed by atoms with van der Waals surface area (Å²) in [5, 5.41) is 0. The van der Waals surface area contributed by atoms with Crippen LogP contribution in [-0.2, 0) is 9.47 Å². The maximum atomic E-state index is 11.8. The van der Waals surface area contributed by atoms with Crippen LogP contribution in [0.5, 0.6) is 0 Å². The Morgan fingerprint density at radius 2 is 1.80 bits per heavy atom. The average Bonchev–Trinajstić information content (AvgIpc) is 3.18. The molecule has 1 heterocycles. The molecular weight excluding hydrogens is 260 g/mol. The van der Waals surface area contributed by atoms with Crippen LogP contribution in [-0.4, -0.2) is 24.2 Å². The summed E-state index contributed by atoms with van der Waals surface area (Å²) in [5.41, 5.74) is 5.37. The second kappa shape index (κ2) is 5.50. The maximum Gasteiger partial charge on any atom is 0.426 e. The zero-order valence-corrected chi connectivity index (χ0v) is 11.7. The van der Waals surface area contributed by atoms with Crippen LogP contribution in [0.4, 0.5) is 4.79 Å². The van der Waals surface area contributed by atoms with Crippen LogP contribution in [0.3, 0.4) is 0 Å². The zero-order chi connectivity index (χ0) is 14.8. The van der Waals surface area contributed by atoms with Gasteiger partial charge in [0.05, 0.1) is 6.61 Å². The lowest BCUT2D eigenvalue weighted by molar-refractivity contribution is 0.0483. The number of epoxide rings is 1. The summed E-state index contributed by atoms with van der Waals surface area (Å²) < 4.78 is 10.1. The van der Waals surface area contributed by atoms with Crippen LogP contribution in [0, 0.1) is 0 Å². The van der Waals surface area contributed by atoms with Crippen LogP contribution in [0.25, 0.3) is 0 Å². The van der Waals surface area contributed by atoms with Gasteiger partial charge in [-0.3, -0.25) is 10.2 Å². The molecule has 6 nitrogen and oxygen atoms in total. The van der Waals surface area contributed by atoms with Crippen molar-refractivity contribution in [1.29, 1.82) is 0 Å². The van der Waals surface area contributed by atoms with Gasteiger partial charge in [0.1, 0.15) is 11.7 Å². The Morgan fingerprint density at radius 3 is 2.30 bits per heavy atom. The van der Waals surface area contributed by atoms with Gasteiger partial charge in [0.15, 0.2) is 0 Å². The van der Waals surface area contributed by atoms with Gasteiger partial charge in [-0.25, -0.2) is 10.2 Å². The van der Waals surface area contributed by atoms with Crippen molar-refractivity contribution < 1.29 is 19.1 Å². The first-order chi connectivity index (χ1) is 9.35. The first-order valence-electron chi connectivity index (χ1n) is 6.36. The summed E-state index contributed by atoms with van der Waals surface area (Å²) in [6, 6.07) is 7.03. The Balaban J connectivity index is 1.83. The lowest BCUT2D eigenvalue weighted by atomic mass is 10.1. The molecule has 0 aliphatic carbocycles. The molecule has 1 aliphatic heterocycles. The molecule has 1 aromatic rings. The second-order valence-corrected chi connectivity index (χ2v) is 5.52. The predicted octanol–water partition coefficient (Wildman–Crippen LogP) is 1.93. The Morgan fingerprint density at radius 1 is 1.20 bits per heavy atom. The van der Waals surface area contributed by atoms with E-state index in [1.165, 1.54) is 0 Å². The van der Waals surface area contributed by atoms with Crippen LogP contribution in [0.2, 0.25) is 0 Å². The fourth-order valence-corrected chi connectivity index (χ4v) is 1.57. The van der Waals surface area contributed by atoms with Crippen molar-refractivity contribution in [2.24, 2.45) is 0 Å². The lowest BCUT2D eigenvalue weighted by Gasteiger charge is -2.19. The van der Waals surface area contributed by atoms with Crippen LogP contribution in [0.15, 0.2) is 24.3 Å². The van der Waals surface area contributed by atoms with Crippen molar-refractivity contribution in [3.63, 3.8) is 0 Å². The van der Waals surface area contributed by atoms with Gasteiger partial charge in [0.25, 0.3) is 5.91 Å². The van der Waals surface area contributed by atoms with E-state index in [1.54, 1.807) is 32.9 Å². The molecule has 1 aliphatic rings. The standard InChI is InChI=1S/C14H18N2O4/c1-14(2,3)20-13(18)16-15-12(17)10-6-4-9(5-7-10)11-8-19-11/h4-7,11H,8H2,1-3H3,(H,15,17)(H,16,18). The summed E-state index contributed by atoms with van der Waals surface area (Å²) in [4.78, 5) is 23.2. The number of hydrogen-bond donors (Lipinski definition) is 2. The van der Waals surface area contributed by atoms with Gasteiger partial charge in [-0.2, -0.15) is 0 Å². The molecular formula is C14H18N2O4. The molecule has 6 heteroatoms. The third kappa shape index (κ3) is 4.24. The van der Waals surface area contributed by atoms with E-state index in [9.17, 15) is 9.59 Å². The number of hydrazine groups is 1. The van der Waals surface area contributed by atoms with Crippen molar-refractivity contribution in [3.05, 3.63) is 35.4 Å². The van der Waals surface area contributed by atoms with Gasteiger partial charge in [-0.1, -0.05) is 12.1 Å². The number of hydrogen-bond acceptors (Lipinski definition) is 4. The molecule has 1 atom stereocenters. The quantitative estimate of drug-likeness (QED) is 0.640. The monoisotopic (exact) mass is 278 g/mol. The van der Waals surface area contributed by atoms with Gasteiger partial charge in [0.2, 0.25) is 0 Å². The van der Waals surface area contributed by atoms with E-state index >= 15 is 0 Å². The average molecular weight is 278 g/mol. The SMILES string of the molecule is CC(C)(C)OC(=O)NNC(=O)c1ccc(C2CO2)cc1. The maximum absolute atomic E-state index is 11.8. The van der Waals surface area contributed by atoms with E-state index in [0.29, 0.717) is 5.56 Å². The Bertz CT molecular complexity index is 501. The molecule has 0 saturated carbocycles. The summed E-state index contributed by atoms with van der Waals surface area (Å²) in [6.45, 7) is 5.96. The fraction of sp³-hybridized carbons (Fsp3) is 0.429. The van der Waals surface area contributed by atoms with Crippen molar-refractivity contribution in [2.75, 3.05) is 6.61 Å². The molecule has 108 valence electrons. The first kappa shape index (κ1) is 14.3. The predicted molar refractivity (Wildman–Crippen MR) is 72.0 cm³/mol. The summed E-state index contributed by atoms with van der Waals surface area (Å²) in [6.07, 6.45) is -0.541. The molecule has 1 fully saturated rings. The molecule has 2 amide bonds. The van der Waals surface area contributed by atoms with Gasteiger partial charge < -0.3 is 9.47 Å².